The number of hydrogen-bond acceptors (Lipinski definition) is 1. The van der Waals surface area contributed by atoms with Crippen molar-refractivity contribution in [3.05, 3.63) is 0 Å². The average molecular weight is 276 g/mol. The van der Waals surface area contributed by atoms with E-state index in [4.69, 9.17) is 0 Å². The zero-order chi connectivity index (χ0) is 11.4. The molecule has 0 bridgehead atoms. The lowest BCUT2D eigenvalue weighted by atomic mass is 9.85. The molecular formula is C12H22BrNO. The van der Waals surface area contributed by atoms with Crippen molar-refractivity contribution in [1.82, 2.24) is 4.90 Å². The van der Waals surface area contributed by atoms with E-state index in [1.165, 1.54) is 19.3 Å². The predicted molar refractivity (Wildman–Crippen MR) is 67.1 cm³/mol. The third-order valence-corrected chi connectivity index (χ3v) is 4.67. The summed E-state index contributed by atoms with van der Waals surface area (Å²) in [7, 11) is 0. The first-order valence-electron chi connectivity index (χ1n) is 5.99. The fourth-order valence-electron chi connectivity index (χ4n) is 1.82. The molecule has 0 heterocycles. The summed E-state index contributed by atoms with van der Waals surface area (Å²) in [5.74, 6) is 1.40. The van der Waals surface area contributed by atoms with Crippen LogP contribution in [0.1, 0.15) is 40.0 Å². The molecular weight excluding hydrogens is 254 g/mol. The van der Waals surface area contributed by atoms with Crippen molar-refractivity contribution < 1.29 is 4.79 Å². The highest BCUT2D eigenvalue weighted by Crippen LogP contribution is 2.28. The Hall–Kier alpha value is -0.0500. The van der Waals surface area contributed by atoms with Crippen LogP contribution in [0.2, 0.25) is 0 Å². The second kappa shape index (κ2) is 5.88. The van der Waals surface area contributed by atoms with Gasteiger partial charge < -0.3 is 4.90 Å². The minimum Gasteiger partial charge on any atom is -0.342 e. The summed E-state index contributed by atoms with van der Waals surface area (Å²) >= 11 is 3.49. The first kappa shape index (κ1) is 13.0. The van der Waals surface area contributed by atoms with Gasteiger partial charge in [-0.3, -0.25) is 4.79 Å². The summed E-state index contributed by atoms with van der Waals surface area (Å²) in [5.41, 5.74) is 0. The molecule has 15 heavy (non-hydrogen) atoms. The molecule has 2 nitrogen and oxygen atoms in total. The molecule has 1 saturated carbocycles. The average Bonchev–Trinajstić information content (AvgIpc) is 2.14. The second-order valence-electron chi connectivity index (χ2n) is 4.82. The maximum Gasteiger partial charge on any atom is 0.236 e. The minimum atomic E-state index is -0.0162. The van der Waals surface area contributed by atoms with Gasteiger partial charge in [-0.05, 0) is 31.6 Å². The molecule has 0 N–H and O–H groups in total. The summed E-state index contributed by atoms with van der Waals surface area (Å²) in [4.78, 5) is 14.1. The molecule has 1 amide bonds. The zero-order valence-electron chi connectivity index (χ0n) is 10.0. The Kier molecular flexibility index (Phi) is 5.10. The van der Waals surface area contributed by atoms with E-state index in [1.54, 1.807) is 0 Å². The number of halogens is 1. The van der Waals surface area contributed by atoms with Gasteiger partial charge in [0.15, 0.2) is 0 Å². The number of amides is 1. The maximum absolute atomic E-state index is 12.1. The van der Waals surface area contributed by atoms with Gasteiger partial charge in [0.25, 0.3) is 0 Å². The van der Waals surface area contributed by atoms with Crippen molar-refractivity contribution >= 4 is 21.8 Å². The van der Waals surface area contributed by atoms with Crippen molar-refractivity contribution in [2.45, 2.75) is 44.9 Å². The molecule has 1 rings (SSSR count). The lowest BCUT2D eigenvalue weighted by molar-refractivity contribution is -0.132. The first-order valence-corrected chi connectivity index (χ1v) is 6.90. The summed E-state index contributed by atoms with van der Waals surface area (Å²) in [6.07, 6.45) is 3.95. The van der Waals surface area contributed by atoms with Gasteiger partial charge in [-0.25, -0.2) is 0 Å². The topological polar surface area (TPSA) is 20.3 Å². The third kappa shape index (κ3) is 3.47. The normalized spacial score (nSPS) is 18.7. The molecule has 0 aromatic carbocycles. The van der Waals surface area contributed by atoms with Crippen LogP contribution in [0.25, 0.3) is 0 Å². The standard InChI is InChI=1S/C12H22BrNO/c1-4-14(8-10-6-5-7-10)12(15)11(13)9(2)3/h9-11H,4-8H2,1-3H3. The van der Waals surface area contributed by atoms with E-state index in [0.717, 1.165) is 19.0 Å². The Morgan fingerprint density at radius 2 is 2.07 bits per heavy atom. The molecule has 1 atom stereocenters. The van der Waals surface area contributed by atoms with Crippen LogP contribution >= 0.6 is 15.9 Å². The third-order valence-electron chi connectivity index (χ3n) is 3.22. The Morgan fingerprint density at radius 1 is 1.47 bits per heavy atom. The van der Waals surface area contributed by atoms with E-state index in [0.29, 0.717) is 5.92 Å². The molecule has 1 aliphatic carbocycles. The molecule has 0 aromatic heterocycles. The lowest BCUT2D eigenvalue weighted by Crippen LogP contribution is -2.42. The highest BCUT2D eigenvalue weighted by atomic mass is 79.9. The molecule has 0 spiro atoms. The van der Waals surface area contributed by atoms with E-state index in [9.17, 15) is 4.79 Å². The predicted octanol–water partition coefficient (Wildman–Crippen LogP) is 3.05. The quantitative estimate of drug-likeness (QED) is 0.707. The molecule has 1 aliphatic rings. The van der Waals surface area contributed by atoms with Gasteiger partial charge in [0.1, 0.15) is 0 Å². The monoisotopic (exact) mass is 275 g/mol. The van der Waals surface area contributed by atoms with E-state index in [1.807, 2.05) is 4.90 Å². The van der Waals surface area contributed by atoms with Crippen LogP contribution in [0.15, 0.2) is 0 Å². The summed E-state index contributed by atoms with van der Waals surface area (Å²) in [6, 6.07) is 0. The van der Waals surface area contributed by atoms with E-state index < -0.39 is 0 Å². The fraction of sp³-hybridized carbons (Fsp3) is 0.917. The van der Waals surface area contributed by atoms with Gasteiger partial charge in [-0.15, -0.1) is 0 Å². The molecule has 88 valence electrons. The molecule has 3 heteroatoms. The van der Waals surface area contributed by atoms with Gasteiger partial charge in [-0.2, -0.15) is 0 Å². The van der Waals surface area contributed by atoms with E-state index >= 15 is 0 Å². The number of nitrogens with zero attached hydrogens (tertiary/aromatic N) is 1. The van der Waals surface area contributed by atoms with Crippen LogP contribution in [0.5, 0.6) is 0 Å². The smallest absolute Gasteiger partial charge is 0.236 e. The van der Waals surface area contributed by atoms with Crippen molar-refractivity contribution in [2.24, 2.45) is 11.8 Å². The van der Waals surface area contributed by atoms with Crippen LogP contribution < -0.4 is 0 Å². The van der Waals surface area contributed by atoms with Gasteiger partial charge in [-0.1, -0.05) is 36.2 Å². The summed E-state index contributed by atoms with van der Waals surface area (Å²) in [5, 5.41) is 0. The molecule has 0 aromatic rings. The van der Waals surface area contributed by atoms with Gasteiger partial charge >= 0.3 is 0 Å². The molecule has 1 unspecified atom stereocenters. The SMILES string of the molecule is CCN(CC1CCC1)C(=O)C(Br)C(C)C. The van der Waals surface area contributed by atoms with Crippen LogP contribution in [0.3, 0.4) is 0 Å². The van der Waals surface area contributed by atoms with Gasteiger partial charge in [0.05, 0.1) is 4.83 Å². The zero-order valence-corrected chi connectivity index (χ0v) is 11.6. The van der Waals surface area contributed by atoms with Gasteiger partial charge in [0.2, 0.25) is 5.91 Å². The Labute approximate surface area is 102 Å². The largest absolute Gasteiger partial charge is 0.342 e. The Morgan fingerprint density at radius 3 is 2.40 bits per heavy atom. The van der Waals surface area contributed by atoms with Crippen molar-refractivity contribution in [3.8, 4) is 0 Å². The fourth-order valence-corrected chi connectivity index (χ4v) is 2.11. The highest BCUT2D eigenvalue weighted by Gasteiger charge is 2.27. The summed E-state index contributed by atoms with van der Waals surface area (Å²) in [6.45, 7) is 8.02. The van der Waals surface area contributed by atoms with E-state index in [-0.39, 0.29) is 10.7 Å². The van der Waals surface area contributed by atoms with E-state index in [2.05, 4.69) is 36.7 Å². The van der Waals surface area contributed by atoms with Crippen LogP contribution in [-0.4, -0.2) is 28.7 Å². The Balaban J connectivity index is 2.45. The number of carbonyl (C=O) groups is 1. The summed E-state index contributed by atoms with van der Waals surface area (Å²) < 4.78 is 0. The maximum atomic E-state index is 12.1. The van der Waals surface area contributed by atoms with Gasteiger partial charge in [0, 0.05) is 13.1 Å². The number of alkyl halides is 1. The number of carbonyl (C=O) groups excluding carboxylic acids is 1. The lowest BCUT2D eigenvalue weighted by Gasteiger charge is -2.33. The van der Waals surface area contributed by atoms with Crippen LogP contribution in [0.4, 0.5) is 0 Å². The number of rotatable bonds is 5. The Bertz CT molecular complexity index is 214. The highest BCUT2D eigenvalue weighted by molar-refractivity contribution is 9.10. The first-order chi connectivity index (χ1) is 7.06. The molecule has 0 saturated heterocycles. The minimum absolute atomic E-state index is 0.0162. The van der Waals surface area contributed by atoms with Crippen molar-refractivity contribution in [2.75, 3.05) is 13.1 Å². The molecule has 0 radical (unpaired) electrons. The molecule has 1 fully saturated rings. The van der Waals surface area contributed by atoms with Crippen LogP contribution in [0, 0.1) is 11.8 Å². The molecule has 0 aliphatic heterocycles. The number of hydrogen-bond donors (Lipinski definition) is 0. The second-order valence-corrected chi connectivity index (χ2v) is 5.81. The van der Waals surface area contributed by atoms with Crippen LogP contribution in [-0.2, 0) is 4.79 Å². The van der Waals surface area contributed by atoms with Crippen molar-refractivity contribution in [3.63, 3.8) is 0 Å². The van der Waals surface area contributed by atoms with Crippen molar-refractivity contribution in [1.29, 1.82) is 0 Å².